The van der Waals surface area contributed by atoms with Crippen molar-refractivity contribution in [2.75, 3.05) is 5.32 Å². The van der Waals surface area contributed by atoms with E-state index in [4.69, 9.17) is 0 Å². The minimum atomic E-state index is -0.0933. The van der Waals surface area contributed by atoms with E-state index in [9.17, 15) is 4.79 Å². The summed E-state index contributed by atoms with van der Waals surface area (Å²) in [4.78, 5) is 20.7. The SMILES string of the molecule is Cc1cc(C(=O)NC2CCCC2)nc(NC(C)C)n1. The molecule has 0 atom stereocenters. The lowest BCUT2D eigenvalue weighted by Crippen LogP contribution is -2.33. The minimum absolute atomic E-state index is 0.0933. The molecule has 0 radical (unpaired) electrons. The first kappa shape index (κ1) is 13.8. The Morgan fingerprint density at radius 3 is 2.63 bits per heavy atom. The van der Waals surface area contributed by atoms with Crippen molar-refractivity contribution in [1.29, 1.82) is 0 Å². The van der Waals surface area contributed by atoms with Crippen molar-refractivity contribution in [3.63, 3.8) is 0 Å². The molecule has 1 aromatic heterocycles. The van der Waals surface area contributed by atoms with Gasteiger partial charge >= 0.3 is 0 Å². The van der Waals surface area contributed by atoms with Crippen molar-refractivity contribution in [3.05, 3.63) is 17.5 Å². The first-order chi connectivity index (χ1) is 9.04. The fourth-order valence-electron chi connectivity index (χ4n) is 2.34. The molecule has 104 valence electrons. The van der Waals surface area contributed by atoms with Crippen molar-refractivity contribution in [2.45, 2.75) is 58.5 Å². The molecule has 0 spiro atoms. The van der Waals surface area contributed by atoms with Gasteiger partial charge < -0.3 is 10.6 Å². The Hall–Kier alpha value is -1.65. The van der Waals surface area contributed by atoms with Crippen LogP contribution in [0.3, 0.4) is 0 Å². The number of carbonyl (C=O) groups excluding carboxylic acids is 1. The normalized spacial score (nSPS) is 15.8. The zero-order valence-corrected chi connectivity index (χ0v) is 11.9. The van der Waals surface area contributed by atoms with Crippen molar-refractivity contribution < 1.29 is 4.79 Å². The molecule has 1 amide bonds. The predicted octanol–water partition coefficient (Wildman–Crippen LogP) is 2.28. The second-order valence-corrected chi connectivity index (χ2v) is 5.47. The lowest BCUT2D eigenvalue weighted by molar-refractivity contribution is 0.0932. The quantitative estimate of drug-likeness (QED) is 0.873. The first-order valence-corrected chi connectivity index (χ1v) is 6.97. The smallest absolute Gasteiger partial charge is 0.270 e. The van der Waals surface area contributed by atoms with Crippen LogP contribution >= 0.6 is 0 Å². The van der Waals surface area contributed by atoms with Gasteiger partial charge in [0.15, 0.2) is 0 Å². The Bertz CT molecular complexity index is 453. The highest BCUT2D eigenvalue weighted by Crippen LogP contribution is 2.18. The van der Waals surface area contributed by atoms with Crippen LogP contribution in [0.5, 0.6) is 0 Å². The van der Waals surface area contributed by atoms with E-state index in [1.54, 1.807) is 6.07 Å². The highest BCUT2D eigenvalue weighted by Gasteiger charge is 2.19. The third kappa shape index (κ3) is 3.91. The standard InChI is InChI=1S/C14H22N4O/c1-9(2)15-14-16-10(3)8-12(18-14)13(19)17-11-6-4-5-7-11/h8-9,11H,4-7H2,1-3H3,(H,17,19)(H,15,16,18). The maximum absolute atomic E-state index is 12.2. The van der Waals surface area contributed by atoms with E-state index in [2.05, 4.69) is 20.6 Å². The van der Waals surface area contributed by atoms with Crippen LogP contribution in [0, 0.1) is 6.92 Å². The van der Waals surface area contributed by atoms with E-state index >= 15 is 0 Å². The summed E-state index contributed by atoms with van der Waals surface area (Å²) >= 11 is 0. The summed E-state index contributed by atoms with van der Waals surface area (Å²) in [5.41, 5.74) is 1.25. The number of rotatable bonds is 4. The van der Waals surface area contributed by atoms with Gasteiger partial charge in [-0.1, -0.05) is 12.8 Å². The molecule has 5 nitrogen and oxygen atoms in total. The topological polar surface area (TPSA) is 66.9 Å². The molecule has 1 fully saturated rings. The highest BCUT2D eigenvalue weighted by molar-refractivity contribution is 5.92. The van der Waals surface area contributed by atoms with Gasteiger partial charge in [0.05, 0.1) is 0 Å². The van der Waals surface area contributed by atoms with Gasteiger partial charge in [-0.3, -0.25) is 4.79 Å². The lowest BCUT2D eigenvalue weighted by atomic mass is 10.2. The molecule has 0 aliphatic heterocycles. The molecule has 0 bridgehead atoms. The third-order valence-electron chi connectivity index (χ3n) is 3.20. The van der Waals surface area contributed by atoms with E-state index < -0.39 is 0 Å². The van der Waals surface area contributed by atoms with Crippen LogP contribution in [0.25, 0.3) is 0 Å². The van der Waals surface area contributed by atoms with Crippen LogP contribution in [0.2, 0.25) is 0 Å². The number of hydrogen-bond donors (Lipinski definition) is 2. The molecule has 0 unspecified atom stereocenters. The number of nitrogens with one attached hydrogen (secondary N) is 2. The van der Waals surface area contributed by atoms with Crippen molar-refractivity contribution >= 4 is 11.9 Å². The van der Waals surface area contributed by atoms with E-state index in [1.807, 2.05) is 20.8 Å². The van der Waals surface area contributed by atoms with Crippen LogP contribution in [0.4, 0.5) is 5.95 Å². The molecule has 5 heteroatoms. The second kappa shape index (κ2) is 5.99. The zero-order valence-electron chi connectivity index (χ0n) is 11.9. The summed E-state index contributed by atoms with van der Waals surface area (Å²) in [6, 6.07) is 2.28. The summed E-state index contributed by atoms with van der Waals surface area (Å²) in [5, 5.41) is 6.18. The molecule has 0 saturated heterocycles. The Balaban J connectivity index is 2.09. The summed E-state index contributed by atoms with van der Waals surface area (Å²) in [5.74, 6) is 0.427. The third-order valence-corrected chi connectivity index (χ3v) is 3.20. The van der Waals surface area contributed by atoms with Gasteiger partial charge in [-0.2, -0.15) is 0 Å². The average molecular weight is 262 g/mol. The maximum atomic E-state index is 12.2. The van der Waals surface area contributed by atoms with E-state index in [0.29, 0.717) is 17.7 Å². The zero-order chi connectivity index (χ0) is 13.8. The molecule has 1 aromatic rings. The van der Waals surface area contributed by atoms with Crippen LogP contribution in [-0.2, 0) is 0 Å². The molecule has 1 heterocycles. The van der Waals surface area contributed by atoms with Crippen LogP contribution in [0.1, 0.15) is 55.7 Å². The summed E-state index contributed by atoms with van der Waals surface area (Å²) < 4.78 is 0. The Morgan fingerprint density at radius 1 is 1.32 bits per heavy atom. The minimum Gasteiger partial charge on any atom is -0.352 e. The first-order valence-electron chi connectivity index (χ1n) is 6.97. The molecule has 1 aliphatic carbocycles. The van der Waals surface area contributed by atoms with E-state index in [-0.39, 0.29) is 11.9 Å². The second-order valence-electron chi connectivity index (χ2n) is 5.47. The number of amides is 1. The fraction of sp³-hybridized carbons (Fsp3) is 0.643. The van der Waals surface area contributed by atoms with Crippen molar-refractivity contribution in [3.8, 4) is 0 Å². The molecule has 2 N–H and O–H groups in total. The van der Waals surface area contributed by atoms with Crippen molar-refractivity contribution in [1.82, 2.24) is 15.3 Å². The number of hydrogen-bond acceptors (Lipinski definition) is 4. The number of aryl methyl sites for hydroxylation is 1. The van der Waals surface area contributed by atoms with Crippen molar-refractivity contribution in [2.24, 2.45) is 0 Å². The number of anilines is 1. The van der Waals surface area contributed by atoms with Gasteiger partial charge in [0, 0.05) is 17.8 Å². The lowest BCUT2D eigenvalue weighted by Gasteiger charge is -2.13. The average Bonchev–Trinajstić information content (AvgIpc) is 2.80. The Labute approximate surface area is 114 Å². The van der Waals surface area contributed by atoms with Gasteiger partial charge in [-0.05, 0) is 39.7 Å². The van der Waals surface area contributed by atoms with Gasteiger partial charge in [0.2, 0.25) is 5.95 Å². The monoisotopic (exact) mass is 262 g/mol. The summed E-state index contributed by atoms with van der Waals surface area (Å²) in [7, 11) is 0. The number of carbonyl (C=O) groups is 1. The molecule has 0 aromatic carbocycles. The van der Waals surface area contributed by atoms with Gasteiger partial charge in [-0.15, -0.1) is 0 Å². The van der Waals surface area contributed by atoms with Gasteiger partial charge in [0.1, 0.15) is 5.69 Å². The Kier molecular flexibility index (Phi) is 4.35. The van der Waals surface area contributed by atoms with Crippen LogP contribution in [0.15, 0.2) is 6.07 Å². The maximum Gasteiger partial charge on any atom is 0.270 e. The summed E-state index contributed by atoms with van der Waals surface area (Å²) in [6.07, 6.45) is 4.56. The van der Waals surface area contributed by atoms with Crippen LogP contribution < -0.4 is 10.6 Å². The molecule has 1 saturated carbocycles. The van der Waals surface area contributed by atoms with E-state index in [0.717, 1.165) is 18.5 Å². The molecule has 1 aliphatic rings. The molecular weight excluding hydrogens is 240 g/mol. The largest absolute Gasteiger partial charge is 0.352 e. The molecular formula is C14H22N4O. The number of aromatic nitrogens is 2. The number of nitrogens with zero attached hydrogens (tertiary/aromatic N) is 2. The van der Waals surface area contributed by atoms with E-state index in [1.165, 1.54) is 12.8 Å². The van der Waals surface area contributed by atoms with Gasteiger partial charge in [-0.25, -0.2) is 9.97 Å². The van der Waals surface area contributed by atoms with Crippen LogP contribution in [-0.4, -0.2) is 28.0 Å². The fourth-order valence-corrected chi connectivity index (χ4v) is 2.34. The van der Waals surface area contributed by atoms with Gasteiger partial charge in [0.25, 0.3) is 5.91 Å². The Morgan fingerprint density at radius 2 is 2.00 bits per heavy atom. The summed E-state index contributed by atoms with van der Waals surface area (Å²) in [6.45, 7) is 5.91. The molecule has 19 heavy (non-hydrogen) atoms. The predicted molar refractivity (Wildman–Crippen MR) is 75.2 cm³/mol. The molecule has 2 rings (SSSR count). The highest BCUT2D eigenvalue weighted by atomic mass is 16.1.